The number of halogens is 5. The average molecular weight is 556 g/mol. The second-order valence-electron chi connectivity index (χ2n) is 2.95. The number of carbonyl (C=O) groups is 1. The lowest BCUT2D eigenvalue weighted by molar-refractivity contribution is -0.299. The van der Waals surface area contributed by atoms with Gasteiger partial charge >= 0.3 is 0 Å². The van der Waals surface area contributed by atoms with E-state index >= 15 is 0 Å². The second kappa shape index (κ2) is 6.32. The maximum absolute atomic E-state index is 11.2. The van der Waals surface area contributed by atoms with E-state index in [1.54, 1.807) is 6.07 Å². The summed E-state index contributed by atoms with van der Waals surface area (Å²) in [5, 5.41) is 11.2. The predicted octanol–water partition coefficient (Wildman–Crippen LogP) is 4.14. The van der Waals surface area contributed by atoms with Gasteiger partial charge in [0.2, 0.25) is 0 Å². The number of carboxylic acid groups (broad SMARTS) is 1. The monoisotopic (exact) mass is 551 g/mol. The first-order chi connectivity index (χ1) is 7.75. The third kappa shape index (κ3) is 4.16. The third-order valence-electron chi connectivity index (χ3n) is 1.82. The maximum Gasteiger partial charge on any atom is 0.162 e. The molecule has 1 aromatic carbocycles. The zero-order chi connectivity index (χ0) is 13.2. The quantitative estimate of drug-likeness (QED) is 0.407. The van der Waals surface area contributed by atoms with Crippen LogP contribution in [0.3, 0.4) is 0 Å². The van der Waals surface area contributed by atoms with Crippen molar-refractivity contribution < 1.29 is 9.90 Å². The van der Waals surface area contributed by atoms with Crippen LogP contribution in [0.15, 0.2) is 34.3 Å². The third-order valence-corrected chi connectivity index (χ3v) is 4.52. The van der Waals surface area contributed by atoms with Crippen LogP contribution in [0.1, 0.15) is 5.56 Å². The van der Waals surface area contributed by atoms with Gasteiger partial charge in [-0.3, -0.25) is 0 Å². The van der Waals surface area contributed by atoms with E-state index < -0.39 is 8.11 Å². The van der Waals surface area contributed by atoms with Crippen LogP contribution in [-0.2, 0) is 4.79 Å². The smallest absolute Gasteiger partial charge is 0.162 e. The number of aliphatic carboxylic acids is 1. The Bertz CT molecular complexity index is 476. The zero-order valence-corrected chi connectivity index (χ0v) is 15.9. The number of rotatable bonds is 2. The van der Waals surface area contributed by atoms with Gasteiger partial charge < -0.3 is 9.90 Å². The minimum absolute atomic E-state index is 0.00407. The molecule has 0 N–H and O–H groups in total. The summed E-state index contributed by atoms with van der Waals surface area (Å²) in [7, 11) is 0. The van der Waals surface area contributed by atoms with Crippen LogP contribution in [0.25, 0.3) is 4.48 Å². The second-order valence-corrected chi connectivity index (χ2v) is 11.4. The average Bonchev–Trinajstić information content (AvgIpc) is 2.15. The Balaban J connectivity index is 3.46. The highest BCUT2D eigenvalue weighted by molar-refractivity contribution is 9.39. The molecule has 0 spiro atoms. The Morgan fingerprint density at radius 3 is 2.12 bits per heavy atom. The fourth-order valence-electron chi connectivity index (χ4n) is 1.10. The van der Waals surface area contributed by atoms with Gasteiger partial charge in [-0.1, -0.05) is 81.9 Å². The molecule has 0 saturated heterocycles. The lowest BCUT2D eigenvalue weighted by Gasteiger charge is -2.21. The van der Waals surface area contributed by atoms with Crippen molar-refractivity contribution >= 4 is 90.1 Å². The molecule has 0 aliphatic rings. The lowest BCUT2D eigenvalue weighted by atomic mass is 10.1. The van der Waals surface area contributed by atoms with Crippen LogP contribution in [0.4, 0.5) is 0 Å². The van der Waals surface area contributed by atoms with E-state index in [2.05, 4.69) is 79.6 Å². The van der Waals surface area contributed by atoms with Crippen molar-refractivity contribution in [1.29, 1.82) is 0 Å². The van der Waals surface area contributed by atoms with Crippen LogP contribution in [0.2, 0.25) is 0 Å². The lowest BCUT2D eigenvalue weighted by Crippen LogP contribution is -2.30. The van der Waals surface area contributed by atoms with Crippen LogP contribution in [0, 0.1) is 0 Å². The Hall–Kier alpha value is 0.830. The molecule has 2 nitrogen and oxygen atoms in total. The van der Waals surface area contributed by atoms with Crippen molar-refractivity contribution in [2.45, 2.75) is 2.14 Å². The van der Waals surface area contributed by atoms with Gasteiger partial charge in [0, 0.05) is 20.1 Å². The summed E-state index contributed by atoms with van der Waals surface area (Å²) in [6.45, 7) is 0. The highest BCUT2D eigenvalue weighted by atomic mass is 80.0. The minimum atomic E-state index is -1.29. The zero-order valence-electron chi connectivity index (χ0n) is 8.02. The standard InChI is InChI=1S/C10H5Br5O2/c11-6-4-2-1-3-5(6)8(12)7(9(16)17)10(13,14)15/h1-4H,(H,16,17)/p-1/b8-7+. The molecule has 0 aromatic heterocycles. The van der Waals surface area contributed by atoms with Crippen molar-refractivity contribution in [2.24, 2.45) is 0 Å². The Labute approximate surface area is 140 Å². The van der Waals surface area contributed by atoms with Gasteiger partial charge in [0.25, 0.3) is 0 Å². The van der Waals surface area contributed by atoms with Gasteiger partial charge in [-0.15, -0.1) is 0 Å². The molecule has 0 aliphatic heterocycles. The fraction of sp³-hybridized carbons (Fsp3) is 0.100. The van der Waals surface area contributed by atoms with E-state index in [0.717, 1.165) is 10.0 Å². The molecule has 0 atom stereocenters. The van der Waals surface area contributed by atoms with Crippen LogP contribution in [-0.4, -0.2) is 8.11 Å². The Morgan fingerprint density at radius 1 is 1.18 bits per heavy atom. The highest BCUT2D eigenvalue weighted by Crippen LogP contribution is 2.46. The summed E-state index contributed by atoms with van der Waals surface area (Å²) in [6, 6.07) is 7.26. The topological polar surface area (TPSA) is 40.1 Å². The molecule has 0 heterocycles. The fourth-order valence-corrected chi connectivity index (χ4v) is 4.54. The van der Waals surface area contributed by atoms with Gasteiger partial charge in [-0.05, 0) is 22.0 Å². The van der Waals surface area contributed by atoms with Crippen molar-refractivity contribution in [3.63, 3.8) is 0 Å². The molecule has 0 radical (unpaired) electrons. The van der Waals surface area contributed by atoms with Crippen molar-refractivity contribution in [2.75, 3.05) is 0 Å². The van der Waals surface area contributed by atoms with Gasteiger partial charge in [-0.25, -0.2) is 0 Å². The first-order valence-corrected chi connectivity index (χ1v) is 8.15. The first-order valence-electron chi connectivity index (χ1n) is 4.18. The molecule has 0 saturated carbocycles. The molecule has 0 amide bonds. The van der Waals surface area contributed by atoms with E-state index in [0.29, 0.717) is 4.48 Å². The summed E-state index contributed by atoms with van der Waals surface area (Å²) in [4.78, 5) is 11.2. The van der Waals surface area contributed by atoms with Crippen LogP contribution >= 0.6 is 79.6 Å². The summed E-state index contributed by atoms with van der Waals surface area (Å²) >= 11 is 16.2. The van der Waals surface area contributed by atoms with E-state index in [9.17, 15) is 9.90 Å². The van der Waals surface area contributed by atoms with Crippen molar-refractivity contribution in [3.8, 4) is 0 Å². The molecule has 1 rings (SSSR count). The van der Waals surface area contributed by atoms with Gasteiger partial charge in [0.15, 0.2) is 2.14 Å². The molecule has 0 aliphatic carbocycles. The normalized spacial score (nSPS) is 13.2. The molecule has 0 fully saturated rings. The van der Waals surface area contributed by atoms with Crippen molar-refractivity contribution in [1.82, 2.24) is 0 Å². The number of hydrogen-bond donors (Lipinski definition) is 0. The van der Waals surface area contributed by atoms with Gasteiger partial charge in [-0.2, -0.15) is 0 Å². The number of alkyl halides is 3. The minimum Gasteiger partial charge on any atom is -0.545 e. The van der Waals surface area contributed by atoms with E-state index in [4.69, 9.17) is 0 Å². The number of benzene rings is 1. The SMILES string of the molecule is O=C([O-])/C(=C(\Br)c1ccccc1Br)C(Br)(Br)Br. The Kier molecular flexibility index (Phi) is 5.91. The van der Waals surface area contributed by atoms with Crippen LogP contribution in [0.5, 0.6) is 0 Å². The largest absolute Gasteiger partial charge is 0.545 e. The summed E-state index contributed by atoms with van der Waals surface area (Å²) in [5.74, 6) is -1.29. The molecular weight excluding hydrogens is 552 g/mol. The summed E-state index contributed by atoms with van der Waals surface area (Å²) in [5.41, 5.74) is 0.721. The van der Waals surface area contributed by atoms with Crippen molar-refractivity contribution in [3.05, 3.63) is 39.9 Å². The van der Waals surface area contributed by atoms with Crippen LogP contribution < -0.4 is 5.11 Å². The summed E-state index contributed by atoms with van der Waals surface area (Å²) in [6.07, 6.45) is 0. The molecule has 1 aromatic rings. The highest BCUT2D eigenvalue weighted by Gasteiger charge is 2.28. The predicted molar refractivity (Wildman–Crippen MR) is 84.5 cm³/mol. The van der Waals surface area contributed by atoms with E-state index in [1.807, 2.05) is 18.2 Å². The summed E-state index contributed by atoms with van der Waals surface area (Å²) < 4.78 is 0.137. The van der Waals surface area contributed by atoms with Gasteiger partial charge in [0.1, 0.15) is 0 Å². The van der Waals surface area contributed by atoms with E-state index in [1.165, 1.54) is 0 Å². The molecule has 92 valence electrons. The number of carbonyl (C=O) groups excluding carboxylic acids is 1. The molecular formula is C10H4Br5O2-. The maximum atomic E-state index is 11.2. The Morgan fingerprint density at radius 2 is 1.71 bits per heavy atom. The number of carboxylic acids is 1. The van der Waals surface area contributed by atoms with Gasteiger partial charge in [0.05, 0.1) is 5.97 Å². The van der Waals surface area contributed by atoms with E-state index in [-0.39, 0.29) is 5.57 Å². The molecule has 17 heavy (non-hydrogen) atoms. The number of hydrogen-bond acceptors (Lipinski definition) is 2. The molecule has 0 unspecified atom stereocenters. The molecule has 0 bridgehead atoms. The first kappa shape index (κ1) is 15.9. The molecule has 7 heteroatoms.